The number of benzene rings is 4. The molecule has 5 heteroatoms. The van der Waals surface area contributed by atoms with Crippen molar-refractivity contribution in [2.75, 3.05) is 0 Å². The lowest BCUT2D eigenvalue weighted by Crippen LogP contribution is -2.21. The minimum absolute atomic E-state index is 0.0405. The molecule has 0 amide bonds. The molecule has 0 fully saturated rings. The lowest BCUT2D eigenvalue weighted by molar-refractivity contribution is -0.255. The smallest absolute Gasteiger partial charge is 0.343 e. The normalized spacial score (nSPS) is 11.0. The van der Waals surface area contributed by atoms with Gasteiger partial charge in [-0.15, -0.1) is 0 Å². The van der Waals surface area contributed by atoms with Crippen LogP contribution in [0.15, 0.2) is 89.9 Å². The van der Waals surface area contributed by atoms with E-state index in [4.69, 9.17) is 4.74 Å². The van der Waals surface area contributed by atoms with Crippen molar-refractivity contribution in [1.29, 1.82) is 0 Å². The Morgan fingerprint density at radius 1 is 0.903 bits per heavy atom. The molecule has 0 radical (unpaired) electrons. The van der Waals surface area contributed by atoms with E-state index >= 15 is 0 Å². The second kappa shape index (κ2) is 8.63. The van der Waals surface area contributed by atoms with Gasteiger partial charge in [-0.3, -0.25) is 4.99 Å². The molecule has 0 aliphatic heterocycles. The minimum atomic E-state index is -1.27. The number of aryl methyl sites for hydroxylation is 1. The first-order chi connectivity index (χ1) is 15.0. The van der Waals surface area contributed by atoms with E-state index in [1.807, 2.05) is 49.4 Å². The Kier molecular flexibility index (Phi) is 5.58. The van der Waals surface area contributed by atoms with Crippen molar-refractivity contribution in [3.05, 3.63) is 107 Å². The van der Waals surface area contributed by atoms with Gasteiger partial charge in [-0.25, -0.2) is 4.79 Å². The predicted octanol–water partition coefficient (Wildman–Crippen LogP) is 4.48. The quantitative estimate of drug-likeness (QED) is 0.277. The maximum Gasteiger partial charge on any atom is 0.343 e. The summed E-state index contributed by atoms with van der Waals surface area (Å²) < 4.78 is 5.74. The summed E-state index contributed by atoms with van der Waals surface area (Å²) in [7, 11) is 0. The van der Waals surface area contributed by atoms with Crippen LogP contribution in [-0.4, -0.2) is 18.2 Å². The number of carbonyl (C=O) groups is 2. The van der Waals surface area contributed by atoms with Crippen LogP contribution in [-0.2, 0) is 0 Å². The number of hydrogen-bond acceptors (Lipinski definition) is 5. The maximum atomic E-state index is 12.8. The van der Waals surface area contributed by atoms with Gasteiger partial charge in [-0.05, 0) is 53.1 Å². The van der Waals surface area contributed by atoms with Crippen LogP contribution in [0.3, 0.4) is 0 Å². The number of carbonyl (C=O) groups excluding carboxylic acids is 2. The van der Waals surface area contributed by atoms with Crippen LogP contribution in [0, 0.1) is 6.92 Å². The van der Waals surface area contributed by atoms with Gasteiger partial charge < -0.3 is 14.6 Å². The fourth-order valence-electron chi connectivity index (χ4n) is 3.31. The molecule has 4 rings (SSSR count). The van der Waals surface area contributed by atoms with E-state index in [2.05, 4.69) is 4.99 Å². The van der Waals surface area contributed by atoms with E-state index in [0.717, 1.165) is 16.3 Å². The van der Waals surface area contributed by atoms with Crippen molar-refractivity contribution in [2.45, 2.75) is 6.92 Å². The Balaban J connectivity index is 1.76. The van der Waals surface area contributed by atoms with Crippen LogP contribution in [0.1, 0.15) is 31.8 Å². The van der Waals surface area contributed by atoms with Gasteiger partial charge >= 0.3 is 5.97 Å². The number of esters is 1. The highest BCUT2D eigenvalue weighted by Gasteiger charge is 2.15. The van der Waals surface area contributed by atoms with Gasteiger partial charge in [-0.1, -0.05) is 60.7 Å². The lowest BCUT2D eigenvalue weighted by atomic mass is 10.0. The largest absolute Gasteiger partial charge is 0.545 e. The Bertz CT molecular complexity index is 1320. The highest BCUT2D eigenvalue weighted by Crippen LogP contribution is 2.28. The van der Waals surface area contributed by atoms with Gasteiger partial charge in [0.25, 0.3) is 0 Å². The number of aliphatic imine (C=N–C) groups is 1. The third-order valence-corrected chi connectivity index (χ3v) is 4.92. The van der Waals surface area contributed by atoms with Crippen LogP contribution in [0.25, 0.3) is 10.8 Å². The number of aromatic carboxylic acids is 1. The molecule has 0 atom stereocenters. The van der Waals surface area contributed by atoms with Crippen molar-refractivity contribution in [1.82, 2.24) is 0 Å². The van der Waals surface area contributed by atoms with Gasteiger partial charge in [-0.2, -0.15) is 0 Å². The van der Waals surface area contributed by atoms with E-state index in [0.29, 0.717) is 22.6 Å². The Hall–Kier alpha value is -4.25. The van der Waals surface area contributed by atoms with Crippen molar-refractivity contribution >= 4 is 34.6 Å². The molecule has 5 nitrogen and oxygen atoms in total. The summed E-state index contributed by atoms with van der Waals surface area (Å²) in [5.74, 6) is -1.36. The Labute approximate surface area is 179 Å². The van der Waals surface area contributed by atoms with Gasteiger partial charge in [0.05, 0.1) is 17.2 Å². The number of rotatable bonds is 5. The summed E-state index contributed by atoms with van der Waals surface area (Å²) >= 11 is 0. The molecule has 4 aromatic rings. The number of ether oxygens (including phenoxy) is 1. The van der Waals surface area contributed by atoms with Crippen molar-refractivity contribution in [3.63, 3.8) is 0 Å². The summed E-state index contributed by atoms with van der Waals surface area (Å²) in [5, 5.41) is 12.9. The minimum Gasteiger partial charge on any atom is -0.545 e. The molecule has 0 aliphatic rings. The molecular formula is C26H18NO4-. The summed E-state index contributed by atoms with van der Waals surface area (Å²) in [4.78, 5) is 28.3. The van der Waals surface area contributed by atoms with E-state index < -0.39 is 11.9 Å². The highest BCUT2D eigenvalue weighted by atomic mass is 16.5. The maximum absolute atomic E-state index is 12.8. The SMILES string of the molecule is Cc1ccccc1C(=O)Oc1ccc2ccccc2c1C=Nc1cccc(C(=O)[O-])c1. The highest BCUT2D eigenvalue weighted by molar-refractivity contribution is 6.04. The average molecular weight is 408 g/mol. The van der Waals surface area contributed by atoms with Crippen LogP contribution in [0.4, 0.5) is 5.69 Å². The number of carboxylic acid groups (broad SMARTS) is 1. The monoisotopic (exact) mass is 408 g/mol. The zero-order chi connectivity index (χ0) is 21.8. The number of hydrogen-bond donors (Lipinski definition) is 0. The van der Waals surface area contributed by atoms with Crippen molar-refractivity contribution in [3.8, 4) is 5.75 Å². The molecule has 0 aliphatic carbocycles. The van der Waals surface area contributed by atoms with Gasteiger partial charge in [0.2, 0.25) is 0 Å². The third kappa shape index (κ3) is 4.36. The average Bonchev–Trinajstić information content (AvgIpc) is 2.78. The topological polar surface area (TPSA) is 78.8 Å². The van der Waals surface area contributed by atoms with Gasteiger partial charge in [0.15, 0.2) is 0 Å². The van der Waals surface area contributed by atoms with E-state index in [1.165, 1.54) is 12.1 Å². The molecule has 31 heavy (non-hydrogen) atoms. The zero-order valence-corrected chi connectivity index (χ0v) is 16.7. The number of nitrogens with zero attached hydrogens (tertiary/aromatic N) is 1. The second-order valence-electron chi connectivity index (χ2n) is 7.00. The lowest BCUT2D eigenvalue weighted by Gasteiger charge is -2.11. The molecule has 152 valence electrons. The molecule has 0 spiro atoms. The first-order valence-corrected chi connectivity index (χ1v) is 9.68. The fraction of sp³-hybridized carbons (Fsp3) is 0.0385. The van der Waals surface area contributed by atoms with E-state index in [-0.39, 0.29) is 5.56 Å². The number of fused-ring (bicyclic) bond motifs is 1. The summed E-state index contributed by atoms with van der Waals surface area (Å²) in [6.07, 6.45) is 1.58. The molecule has 0 aromatic heterocycles. The van der Waals surface area contributed by atoms with Crippen LogP contribution >= 0.6 is 0 Å². The molecule has 0 saturated carbocycles. The van der Waals surface area contributed by atoms with Crippen LogP contribution in [0.2, 0.25) is 0 Å². The molecule has 4 aromatic carbocycles. The second-order valence-corrected chi connectivity index (χ2v) is 7.00. The summed E-state index contributed by atoms with van der Waals surface area (Å²) in [6, 6.07) is 24.7. The Morgan fingerprint density at radius 3 is 2.48 bits per heavy atom. The molecule has 0 N–H and O–H groups in total. The van der Waals surface area contributed by atoms with Crippen molar-refractivity contribution in [2.24, 2.45) is 4.99 Å². The van der Waals surface area contributed by atoms with Crippen molar-refractivity contribution < 1.29 is 19.4 Å². The molecule has 0 unspecified atom stereocenters. The summed E-state index contributed by atoms with van der Waals surface area (Å²) in [6.45, 7) is 1.85. The van der Waals surface area contributed by atoms with Gasteiger partial charge in [0.1, 0.15) is 5.75 Å². The predicted molar refractivity (Wildman–Crippen MR) is 118 cm³/mol. The first kappa shape index (κ1) is 20.0. The summed E-state index contributed by atoms with van der Waals surface area (Å²) in [5.41, 5.74) is 2.42. The number of carboxylic acids is 1. The van der Waals surface area contributed by atoms with Gasteiger partial charge in [0, 0.05) is 11.8 Å². The first-order valence-electron chi connectivity index (χ1n) is 9.68. The standard InChI is InChI=1S/C26H19NO4/c1-17-7-2-4-11-21(17)26(30)31-24-14-13-18-8-3-5-12-22(18)23(24)16-27-20-10-6-9-19(15-20)25(28)29/h2-16H,1H3,(H,28,29)/p-1. The van der Waals surface area contributed by atoms with E-state index in [1.54, 1.807) is 36.5 Å². The fourth-order valence-corrected chi connectivity index (χ4v) is 3.31. The Morgan fingerprint density at radius 2 is 1.68 bits per heavy atom. The van der Waals surface area contributed by atoms with Crippen LogP contribution in [0.5, 0.6) is 5.75 Å². The molecule has 0 bridgehead atoms. The molecule has 0 saturated heterocycles. The zero-order valence-electron chi connectivity index (χ0n) is 16.7. The van der Waals surface area contributed by atoms with Crippen LogP contribution < -0.4 is 9.84 Å². The molecule has 0 heterocycles. The van der Waals surface area contributed by atoms with E-state index in [9.17, 15) is 14.7 Å². The molecular weight excluding hydrogens is 390 g/mol. The third-order valence-electron chi connectivity index (χ3n) is 4.92.